The number of benzene rings is 3. The minimum absolute atomic E-state index is 0.00671. The van der Waals surface area contributed by atoms with Crippen molar-refractivity contribution in [2.45, 2.75) is 51.8 Å². The molecule has 0 bridgehead atoms. The molecule has 1 fully saturated rings. The lowest BCUT2D eigenvalue weighted by Gasteiger charge is -2.34. The van der Waals surface area contributed by atoms with Gasteiger partial charge in [-0.1, -0.05) is 37.3 Å². The molecule has 1 saturated carbocycles. The first kappa shape index (κ1) is 29.6. The third kappa shape index (κ3) is 7.69. The molecule has 3 aromatic rings. The van der Waals surface area contributed by atoms with E-state index in [-0.39, 0.29) is 48.8 Å². The number of likely N-dealkylation sites (N-methyl/N-ethyl adjacent to an activating group) is 1. The summed E-state index contributed by atoms with van der Waals surface area (Å²) < 4.78 is 12.6. The van der Waals surface area contributed by atoms with Gasteiger partial charge in [0.2, 0.25) is 11.8 Å². The second-order valence-corrected chi connectivity index (χ2v) is 11.7. The Morgan fingerprint density at radius 3 is 2.50 bits per heavy atom. The highest BCUT2D eigenvalue weighted by Crippen LogP contribution is 2.33. The monoisotopic (exact) mass is 571 g/mol. The first-order valence-electron chi connectivity index (χ1n) is 14.8. The van der Waals surface area contributed by atoms with Crippen LogP contribution in [0.2, 0.25) is 0 Å². The number of rotatable bonds is 10. The topological polar surface area (TPSA) is 91.3 Å². The van der Waals surface area contributed by atoms with E-state index in [1.165, 1.54) is 0 Å². The number of aliphatic hydroxyl groups excluding tert-OH is 1. The third-order valence-electron chi connectivity index (χ3n) is 7.98. The molecule has 0 aromatic heterocycles. The number of carbonyl (C=O) groups excluding carboxylic acids is 2. The molecule has 0 saturated heterocycles. The van der Waals surface area contributed by atoms with E-state index in [0.29, 0.717) is 31.1 Å². The SMILES string of the molecule is C[C@@H]1CN([C@H](C)CO)C(=O)Cc2cc(NC(=O)C3CC3)ccc2O[C@H]1CN(C)Cc1ccc(Oc2ccccc2)cc1. The Balaban J connectivity index is 1.30. The van der Waals surface area contributed by atoms with Crippen molar-refractivity contribution in [3.63, 3.8) is 0 Å². The molecule has 1 aliphatic carbocycles. The average Bonchev–Trinajstić information content (AvgIpc) is 3.83. The highest BCUT2D eigenvalue weighted by atomic mass is 16.5. The van der Waals surface area contributed by atoms with E-state index in [2.05, 4.69) is 36.3 Å². The zero-order chi connectivity index (χ0) is 29.6. The number of para-hydroxylation sites is 1. The van der Waals surface area contributed by atoms with Crippen LogP contribution in [-0.4, -0.2) is 65.6 Å². The summed E-state index contributed by atoms with van der Waals surface area (Å²) >= 11 is 0. The van der Waals surface area contributed by atoms with Crippen molar-refractivity contribution >= 4 is 17.5 Å². The Morgan fingerprint density at radius 2 is 1.81 bits per heavy atom. The van der Waals surface area contributed by atoms with Crippen LogP contribution in [0.15, 0.2) is 72.8 Å². The second kappa shape index (κ2) is 13.4. The van der Waals surface area contributed by atoms with Gasteiger partial charge in [0, 0.05) is 42.7 Å². The van der Waals surface area contributed by atoms with Crippen molar-refractivity contribution in [3.05, 3.63) is 83.9 Å². The van der Waals surface area contributed by atoms with Crippen molar-refractivity contribution in [1.29, 1.82) is 0 Å². The molecule has 42 heavy (non-hydrogen) atoms. The van der Waals surface area contributed by atoms with Gasteiger partial charge in [0.25, 0.3) is 0 Å². The maximum Gasteiger partial charge on any atom is 0.227 e. The number of carbonyl (C=O) groups is 2. The molecule has 5 rings (SSSR count). The molecule has 222 valence electrons. The fourth-order valence-corrected chi connectivity index (χ4v) is 5.29. The number of nitrogens with one attached hydrogen (secondary N) is 1. The quantitative estimate of drug-likeness (QED) is 0.352. The second-order valence-electron chi connectivity index (χ2n) is 11.7. The van der Waals surface area contributed by atoms with Crippen LogP contribution in [-0.2, 0) is 22.6 Å². The molecule has 1 aliphatic heterocycles. The Bertz CT molecular complexity index is 1360. The van der Waals surface area contributed by atoms with E-state index in [4.69, 9.17) is 9.47 Å². The van der Waals surface area contributed by atoms with Gasteiger partial charge in [-0.05, 0) is 74.8 Å². The summed E-state index contributed by atoms with van der Waals surface area (Å²) in [7, 11) is 2.06. The van der Waals surface area contributed by atoms with Gasteiger partial charge in [0.1, 0.15) is 23.4 Å². The van der Waals surface area contributed by atoms with E-state index < -0.39 is 0 Å². The summed E-state index contributed by atoms with van der Waals surface area (Å²) in [5.74, 6) is 2.29. The number of hydrogen-bond acceptors (Lipinski definition) is 6. The van der Waals surface area contributed by atoms with Crippen LogP contribution in [0.25, 0.3) is 0 Å². The predicted octanol–water partition coefficient (Wildman–Crippen LogP) is 5.11. The average molecular weight is 572 g/mol. The van der Waals surface area contributed by atoms with E-state index in [1.807, 2.05) is 67.6 Å². The predicted molar refractivity (Wildman–Crippen MR) is 163 cm³/mol. The van der Waals surface area contributed by atoms with Gasteiger partial charge in [-0.3, -0.25) is 14.5 Å². The Morgan fingerprint density at radius 1 is 1.10 bits per heavy atom. The van der Waals surface area contributed by atoms with Gasteiger partial charge in [0.05, 0.1) is 19.1 Å². The van der Waals surface area contributed by atoms with Crippen molar-refractivity contribution in [2.24, 2.45) is 11.8 Å². The van der Waals surface area contributed by atoms with Gasteiger partial charge < -0.3 is 24.8 Å². The summed E-state index contributed by atoms with van der Waals surface area (Å²) in [6.45, 7) is 5.67. The molecule has 1 heterocycles. The molecule has 0 spiro atoms. The zero-order valence-corrected chi connectivity index (χ0v) is 24.7. The van der Waals surface area contributed by atoms with E-state index in [1.54, 1.807) is 4.90 Å². The number of aliphatic hydroxyl groups is 1. The fraction of sp³-hybridized carbons (Fsp3) is 0.412. The Labute approximate surface area is 248 Å². The minimum atomic E-state index is -0.311. The molecule has 8 heteroatoms. The molecule has 2 amide bonds. The summed E-state index contributed by atoms with van der Waals surface area (Å²) in [5, 5.41) is 12.9. The normalized spacial score (nSPS) is 19.6. The number of ether oxygens (including phenoxy) is 2. The highest BCUT2D eigenvalue weighted by Gasteiger charge is 2.32. The van der Waals surface area contributed by atoms with Crippen LogP contribution in [0.3, 0.4) is 0 Å². The van der Waals surface area contributed by atoms with Gasteiger partial charge >= 0.3 is 0 Å². The standard InChI is InChI=1S/C34H41N3O5/c1-23-19-37(24(2)22-38)33(39)18-27-17-28(35-34(40)26-11-12-26)13-16-31(27)42-32(23)21-36(3)20-25-9-14-30(15-10-25)41-29-7-5-4-6-8-29/h4-10,13-17,23-24,26,32,38H,11-12,18-22H2,1-3H3,(H,35,40)/t23-,24-,32+/m1/s1. The minimum Gasteiger partial charge on any atom is -0.488 e. The van der Waals surface area contributed by atoms with Gasteiger partial charge in [-0.2, -0.15) is 0 Å². The van der Waals surface area contributed by atoms with Crippen LogP contribution >= 0.6 is 0 Å². The van der Waals surface area contributed by atoms with Crippen LogP contribution < -0.4 is 14.8 Å². The zero-order valence-electron chi connectivity index (χ0n) is 24.7. The molecule has 3 atom stereocenters. The largest absolute Gasteiger partial charge is 0.488 e. The van der Waals surface area contributed by atoms with Crippen molar-refractivity contribution in [1.82, 2.24) is 9.80 Å². The smallest absolute Gasteiger partial charge is 0.227 e. The lowest BCUT2D eigenvalue weighted by Crippen LogP contribution is -2.47. The molecule has 0 unspecified atom stereocenters. The highest BCUT2D eigenvalue weighted by molar-refractivity contribution is 5.94. The maximum atomic E-state index is 13.4. The molecule has 0 radical (unpaired) electrons. The van der Waals surface area contributed by atoms with Gasteiger partial charge in [-0.15, -0.1) is 0 Å². The summed E-state index contributed by atoms with van der Waals surface area (Å²) in [4.78, 5) is 29.8. The molecule has 2 aliphatic rings. The number of nitrogens with zero attached hydrogens (tertiary/aromatic N) is 2. The summed E-state index contributed by atoms with van der Waals surface area (Å²) in [6.07, 6.45) is 1.77. The Kier molecular flexibility index (Phi) is 9.45. The van der Waals surface area contributed by atoms with Crippen molar-refractivity contribution < 1.29 is 24.2 Å². The molecule has 8 nitrogen and oxygen atoms in total. The summed E-state index contributed by atoms with van der Waals surface area (Å²) in [5.41, 5.74) is 2.56. The third-order valence-corrected chi connectivity index (χ3v) is 7.98. The van der Waals surface area contributed by atoms with Crippen molar-refractivity contribution in [2.75, 3.05) is 32.1 Å². The van der Waals surface area contributed by atoms with Crippen molar-refractivity contribution in [3.8, 4) is 17.2 Å². The first-order valence-corrected chi connectivity index (χ1v) is 14.8. The van der Waals surface area contributed by atoms with Gasteiger partial charge in [0.15, 0.2) is 0 Å². The number of fused-ring (bicyclic) bond motifs is 1. The molecular weight excluding hydrogens is 530 g/mol. The number of amides is 2. The number of hydrogen-bond donors (Lipinski definition) is 2. The lowest BCUT2D eigenvalue weighted by atomic mass is 10.0. The van der Waals surface area contributed by atoms with E-state index >= 15 is 0 Å². The van der Waals surface area contributed by atoms with Crippen LogP contribution in [0.1, 0.15) is 37.8 Å². The number of anilines is 1. The lowest BCUT2D eigenvalue weighted by molar-refractivity contribution is -0.134. The van der Waals surface area contributed by atoms with Crippen LogP contribution in [0, 0.1) is 11.8 Å². The first-order chi connectivity index (χ1) is 20.3. The Hall–Kier alpha value is -3.88. The van der Waals surface area contributed by atoms with E-state index in [0.717, 1.165) is 35.5 Å². The molecule has 3 aromatic carbocycles. The molecular formula is C34H41N3O5. The summed E-state index contributed by atoms with van der Waals surface area (Å²) in [6, 6.07) is 23.1. The van der Waals surface area contributed by atoms with Crippen LogP contribution in [0.5, 0.6) is 17.2 Å². The van der Waals surface area contributed by atoms with Gasteiger partial charge in [-0.25, -0.2) is 0 Å². The van der Waals surface area contributed by atoms with E-state index in [9.17, 15) is 14.7 Å². The molecule has 2 N–H and O–H groups in total. The van der Waals surface area contributed by atoms with Crippen LogP contribution in [0.4, 0.5) is 5.69 Å². The fourth-order valence-electron chi connectivity index (χ4n) is 5.29. The maximum absolute atomic E-state index is 13.4.